The number of rotatable bonds is 4. The molecule has 1 aromatic heterocycles. The minimum absolute atomic E-state index is 0.0712. The quantitative estimate of drug-likeness (QED) is 0.767. The van der Waals surface area contributed by atoms with E-state index in [9.17, 15) is 13.6 Å². The maximum absolute atomic E-state index is 12.9. The Morgan fingerprint density at radius 3 is 2.93 bits per heavy atom. The largest absolute Gasteiger partial charge is 0.435 e. The van der Waals surface area contributed by atoms with Crippen molar-refractivity contribution in [2.24, 2.45) is 4.99 Å². The van der Waals surface area contributed by atoms with Crippen molar-refractivity contribution in [3.63, 3.8) is 0 Å². The summed E-state index contributed by atoms with van der Waals surface area (Å²) < 4.78 is 37.4. The number of thioether (sulfide) groups is 1. The van der Waals surface area contributed by atoms with Gasteiger partial charge >= 0.3 is 6.61 Å². The summed E-state index contributed by atoms with van der Waals surface area (Å²) in [6, 6.07) is 6.57. The van der Waals surface area contributed by atoms with Gasteiger partial charge in [0.15, 0.2) is 5.82 Å². The van der Waals surface area contributed by atoms with Gasteiger partial charge in [0.2, 0.25) is 0 Å². The summed E-state index contributed by atoms with van der Waals surface area (Å²) in [5, 5.41) is 3.43. The lowest BCUT2D eigenvalue weighted by Crippen LogP contribution is -2.35. The van der Waals surface area contributed by atoms with Gasteiger partial charge in [-0.05, 0) is 51.3 Å². The molecule has 0 spiro atoms. The summed E-state index contributed by atoms with van der Waals surface area (Å²) in [7, 11) is 0. The summed E-state index contributed by atoms with van der Waals surface area (Å²) in [5.41, 5.74) is 0.774. The van der Waals surface area contributed by atoms with E-state index in [-0.39, 0.29) is 28.2 Å². The number of fused-ring (bicyclic) bond motifs is 1. The molecule has 6 nitrogen and oxygen atoms in total. The fourth-order valence-electron chi connectivity index (χ4n) is 3.98. The molecule has 156 valence electrons. The van der Waals surface area contributed by atoms with Crippen LogP contribution in [-0.2, 0) is 4.74 Å². The number of aromatic nitrogens is 2. The number of hydrogen-bond acceptors (Lipinski definition) is 5. The number of alkyl halides is 2. The highest BCUT2D eigenvalue weighted by molar-refractivity contribution is 8.14. The average molecular weight is 423 g/mol. The molecular weight excluding hydrogens is 400 g/mol. The molecule has 0 amide bonds. The number of nitrogens with zero attached hydrogens (tertiary/aromatic N) is 2. The number of hydrogen-bond donors (Lipinski definition) is 1. The van der Waals surface area contributed by atoms with Crippen LogP contribution in [-0.4, -0.2) is 33.6 Å². The van der Waals surface area contributed by atoms with Gasteiger partial charge in [0.05, 0.1) is 27.5 Å². The first-order valence-electron chi connectivity index (χ1n) is 9.48. The number of benzene rings is 1. The topological polar surface area (TPSA) is 68.6 Å². The van der Waals surface area contributed by atoms with E-state index >= 15 is 0 Å². The monoisotopic (exact) mass is 423 g/mol. The third kappa shape index (κ3) is 4.11. The van der Waals surface area contributed by atoms with E-state index in [4.69, 9.17) is 4.74 Å². The molecule has 2 atom stereocenters. The molecular formula is C20H23F2N3O3S. The Morgan fingerprint density at radius 1 is 1.41 bits per heavy atom. The summed E-state index contributed by atoms with van der Waals surface area (Å²) >= 11 is 1.43. The van der Waals surface area contributed by atoms with Gasteiger partial charge in [-0.1, -0.05) is 23.9 Å². The predicted octanol–water partition coefficient (Wildman–Crippen LogP) is 4.79. The number of aromatic amines is 1. The van der Waals surface area contributed by atoms with Crippen LogP contribution in [0.2, 0.25) is 0 Å². The Labute approximate surface area is 171 Å². The Balaban J connectivity index is 1.75. The molecule has 1 saturated heterocycles. The fourth-order valence-corrected chi connectivity index (χ4v) is 5.08. The number of halogens is 2. The smallest absolute Gasteiger partial charge is 0.387 e. The standard InChI is InChI=1S/C20H23F2N3O3S/c1-11-23-17-15(16(29-11)12-5-4-6-14(9-12)28-19(21)22)18(26)24-25(17)13-7-8-27-20(2,3)10-13/h4-6,9,13,16,19H,7-8,10H2,1-3H3,(H,24,26)/t13-,16+/m1/s1. The first-order valence-corrected chi connectivity index (χ1v) is 10.4. The molecule has 0 saturated carbocycles. The highest BCUT2D eigenvalue weighted by Gasteiger charge is 2.35. The van der Waals surface area contributed by atoms with Gasteiger partial charge in [0.25, 0.3) is 5.56 Å². The Morgan fingerprint density at radius 2 is 2.21 bits per heavy atom. The van der Waals surface area contributed by atoms with Crippen LogP contribution >= 0.6 is 11.8 Å². The van der Waals surface area contributed by atoms with E-state index in [0.29, 0.717) is 18.0 Å². The van der Waals surface area contributed by atoms with E-state index in [0.717, 1.165) is 23.4 Å². The van der Waals surface area contributed by atoms with Gasteiger partial charge in [0, 0.05) is 6.61 Å². The highest BCUT2D eigenvalue weighted by atomic mass is 32.2. The second-order valence-electron chi connectivity index (χ2n) is 7.88. The van der Waals surface area contributed by atoms with Crippen LogP contribution < -0.4 is 10.3 Å². The van der Waals surface area contributed by atoms with Crippen molar-refractivity contribution < 1.29 is 18.3 Å². The maximum Gasteiger partial charge on any atom is 0.387 e. The van der Waals surface area contributed by atoms with Gasteiger partial charge in [-0.25, -0.2) is 4.99 Å². The van der Waals surface area contributed by atoms with Crippen LogP contribution in [0.1, 0.15) is 56.0 Å². The molecule has 0 radical (unpaired) electrons. The van der Waals surface area contributed by atoms with Crippen molar-refractivity contribution in [3.8, 4) is 5.75 Å². The number of nitrogens with one attached hydrogen (secondary N) is 1. The van der Waals surface area contributed by atoms with Gasteiger partial charge in [-0.15, -0.1) is 0 Å². The zero-order chi connectivity index (χ0) is 20.8. The number of aliphatic imine (C=N–C) groups is 1. The molecule has 0 aliphatic carbocycles. The lowest BCUT2D eigenvalue weighted by atomic mass is 9.94. The first kappa shape index (κ1) is 20.2. The van der Waals surface area contributed by atoms with Crippen LogP contribution in [0.5, 0.6) is 5.75 Å². The lowest BCUT2D eigenvalue weighted by molar-refractivity contribution is -0.0705. The average Bonchev–Trinajstić information content (AvgIpc) is 2.96. The molecule has 3 heterocycles. The molecule has 1 fully saturated rings. The van der Waals surface area contributed by atoms with Crippen molar-refractivity contribution >= 4 is 22.6 Å². The molecule has 0 unspecified atom stereocenters. The Bertz CT molecular complexity index is 999. The van der Waals surface area contributed by atoms with Gasteiger partial charge < -0.3 is 9.47 Å². The normalized spacial score (nSPS) is 23.6. The molecule has 2 aliphatic heterocycles. The summed E-state index contributed by atoms with van der Waals surface area (Å²) in [5.74, 6) is 0.681. The maximum atomic E-state index is 12.9. The minimum Gasteiger partial charge on any atom is -0.435 e. The first-order chi connectivity index (χ1) is 13.7. The minimum atomic E-state index is -2.90. The van der Waals surface area contributed by atoms with Crippen LogP contribution in [0, 0.1) is 0 Å². The predicted molar refractivity (Wildman–Crippen MR) is 109 cm³/mol. The molecule has 2 aromatic rings. The van der Waals surface area contributed by atoms with Crippen molar-refractivity contribution in [1.29, 1.82) is 0 Å². The zero-order valence-corrected chi connectivity index (χ0v) is 17.3. The molecule has 4 rings (SSSR count). The van der Waals surface area contributed by atoms with Crippen molar-refractivity contribution in [3.05, 3.63) is 45.7 Å². The fraction of sp³-hybridized carbons (Fsp3) is 0.500. The van der Waals surface area contributed by atoms with Crippen LogP contribution in [0.15, 0.2) is 34.1 Å². The molecule has 9 heteroatoms. The zero-order valence-electron chi connectivity index (χ0n) is 16.4. The van der Waals surface area contributed by atoms with Crippen molar-refractivity contribution in [2.75, 3.05) is 6.61 Å². The second-order valence-corrected chi connectivity index (χ2v) is 9.18. The lowest BCUT2D eigenvalue weighted by Gasteiger charge is -2.36. The van der Waals surface area contributed by atoms with Gasteiger partial charge in [-0.3, -0.25) is 14.6 Å². The number of ether oxygens (including phenoxy) is 2. The summed E-state index contributed by atoms with van der Waals surface area (Å²) in [6.45, 7) is 3.67. The molecule has 0 bridgehead atoms. The summed E-state index contributed by atoms with van der Waals surface area (Å²) in [4.78, 5) is 17.6. The number of H-pyrrole nitrogens is 1. The van der Waals surface area contributed by atoms with E-state index in [1.807, 2.05) is 31.5 Å². The Hall–Kier alpha value is -2.13. The Kier molecular flexibility index (Phi) is 5.29. The third-order valence-electron chi connectivity index (χ3n) is 5.17. The third-order valence-corrected chi connectivity index (χ3v) is 6.35. The molecule has 1 N–H and O–H groups in total. The second kappa shape index (κ2) is 7.60. The molecule has 2 aliphatic rings. The van der Waals surface area contributed by atoms with Gasteiger partial charge in [-0.2, -0.15) is 8.78 Å². The van der Waals surface area contributed by atoms with E-state index in [1.165, 1.54) is 17.8 Å². The molecule has 29 heavy (non-hydrogen) atoms. The van der Waals surface area contributed by atoms with Gasteiger partial charge in [0.1, 0.15) is 5.75 Å². The van der Waals surface area contributed by atoms with E-state index < -0.39 is 6.61 Å². The van der Waals surface area contributed by atoms with E-state index in [2.05, 4.69) is 14.8 Å². The molecule has 1 aromatic carbocycles. The SMILES string of the molecule is CC1=Nc2c(c(=O)[nH]n2[C@@H]2CCOC(C)(C)C2)[C@H](c2cccc(OC(F)F)c2)S1. The van der Waals surface area contributed by atoms with Crippen LogP contribution in [0.4, 0.5) is 14.6 Å². The van der Waals surface area contributed by atoms with Crippen molar-refractivity contribution in [1.82, 2.24) is 9.78 Å². The summed E-state index contributed by atoms with van der Waals surface area (Å²) in [6.07, 6.45) is 1.54. The highest BCUT2D eigenvalue weighted by Crippen LogP contribution is 2.46. The van der Waals surface area contributed by atoms with Crippen LogP contribution in [0.3, 0.4) is 0 Å². The van der Waals surface area contributed by atoms with Crippen molar-refractivity contribution in [2.45, 2.75) is 57.1 Å². The van der Waals surface area contributed by atoms with Crippen LogP contribution in [0.25, 0.3) is 0 Å². The van der Waals surface area contributed by atoms with E-state index in [1.54, 1.807) is 12.1 Å².